The Labute approximate surface area is 168 Å². The highest BCUT2D eigenvalue weighted by molar-refractivity contribution is 7.10. The first-order valence-corrected chi connectivity index (χ1v) is 9.90. The molecular formula is C23H22N2O2S. The standard InChI is InChI=1S/C23H22N2O2S/c1-16-10-12-18(13-11-16)17(2)24-23(27)21(15-20-9-6-14-28-20)25-22(26)19-7-4-3-5-8-19/h3-15,17H,1-2H3,(H,24,27)(H,25,26)/b21-15-/t17-/m0/s1. The van der Waals surface area contributed by atoms with Gasteiger partial charge in [-0.3, -0.25) is 9.59 Å². The average Bonchev–Trinajstić information content (AvgIpc) is 3.21. The van der Waals surface area contributed by atoms with Crippen molar-refractivity contribution in [3.8, 4) is 0 Å². The van der Waals surface area contributed by atoms with Crippen LogP contribution in [0.2, 0.25) is 0 Å². The third-order valence-electron chi connectivity index (χ3n) is 4.28. The largest absolute Gasteiger partial charge is 0.344 e. The van der Waals surface area contributed by atoms with Crippen LogP contribution in [0.4, 0.5) is 0 Å². The van der Waals surface area contributed by atoms with Gasteiger partial charge < -0.3 is 10.6 Å². The van der Waals surface area contributed by atoms with Crippen molar-refractivity contribution < 1.29 is 9.59 Å². The number of amides is 2. The molecule has 1 atom stereocenters. The maximum Gasteiger partial charge on any atom is 0.268 e. The number of hydrogen-bond acceptors (Lipinski definition) is 3. The summed E-state index contributed by atoms with van der Waals surface area (Å²) < 4.78 is 0. The molecule has 3 aromatic rings. The third kappa shape index (κ3) is 5.18. The number of hydrogen-bond donors (Lipinski definition) is 2. The van der Waals surface area contributed by atoms with E-state index in [4.69, 9.17) is 0 Å². The lowest BCUT2D eigenvalue weighted by molar-refractivity contribution is -0.118. The minimum Gasteiger partial charge on any atom is -0.344 e. The van der Waals surface area contributed by atoms with Crippen molar-refractivity contribution in [2.24, 2.45) is 0 Å². The first kappa shape index (κ1) is 19.6. The lowest BCUT2D eigenvalue weighted by atomic mass is 10.1. The smallest absolute Gasteiger partial charge is 0.268 e. The van der Waals surface area contributed by atoms with Gasteiger partial charge in [-0.1, -0.05) is 54.1 Å². The summed E-state index contributed by atoms with van der Waals surface area (Å²) in [5.41, 5.74) is 2.88. The van der Waals surface area contributed by atoms with Gasteiger partial charge >= 0.3 is 0 Å². The van der Waals surface area contributed by atoms with Crippen LogP contribution in [0.1, 0.15) is 39.3 Å². The molecule has 4 nitrogen and oxygen atoms in total. The van der Waals surface area contributed by atoms with Gasteiger partial charge in [-0.15, -0.1) is 11.3 Å². The second-order valence-electron chi connectivity index (χ2n) is 6.50. The number of carbonyl (C=O) groups excluding carboxylic acids is 2. The van der Waals surface area contributed by atoms with Gasteiger partial charge in [0.25, 0.3) is 11.8 Å². The molecule has 1 aromatic heterocycles. The zero-order valence-electron chi connectivity index (χ0n) is 15.8. The van der Waals surface area contributed by atoms with Gasteiger partial charge in [0, 0.05) is 10.4 Å². The molecule has 0 fully saturated rings. The fraction of sp³-hybridized carbons (Fsp3) is 0.130. The molecule has 2 aromatic carbocycles. The van der Waals surface area contributed by atoms with E-state index in [2.05, 4.69) is 10.6 Å². The van der Waals surface area contributed by atoms with Crippen LogP contribution in [-0.2, 0) is 4.79 Å². The van der Waals surface area contributed by atoms with Gasteiger partial charge in [0.05, 0.1) is 6.04 Å². The van der Waals surface area contributed by atoms with Crippen LogP contribution in [-0.4, -0.2) is 11.8 Å². The highest BCUT2D eigenvalue weighted by atomic mass is 32.1. The fourth-order valence-corrected chi connectivity index (χ4v) is 3.33. The van der Waals surface area contributed by atoms with Gasteiger partial charge in [0.2, 0.25) is 0 Å². The van der Waals surface area contributed by atoms with Crippen LogP contribution in [0.5, 0.6) is 0 Å². The summed E-state index contributed by atoms with van der Waals surface area (Å²) in [7, 11) is 0. The summed E-state index contributed by atoms with van der Waals surface area (Å²) in [6.45, 7) is 3.94. The Kier molecular flexibility index (Phi) is 6.40. The van der Waals surface area contributed by atoms with E-state index in [1.807, 2.05) is 61.7 Å². The van der Waals surface area contributed by atoms with Gasteiger partial charge in [-0.25, -0.2) is 0 Å². The highest BCUT2D eigenvalue weighted by Crippen LogP contribution is 2.16. The Balaban J connectivity index is 1.79. The predicted molar refractivity (Wildman–Crippen MR) is 114 cm³/mol. The van der Waals surface area contributed by atoms with E-state index in [0.29, 0.717) is 5.56 Å². The Hall–Kier alpha value is -3.18. The molecule has 28 heavy (non-hydrogen) atoms. The van der Waals surface area contributed by atoms with Crippen molar-refractivity contribution in [3.63, 3.8) is 0 Å². The van der Waals surface area contributed by atoms with Crippen LogP contribution >= 0.6 is 11.3 Å². The van der Waals surface area contributed by atoms with Crippen molar-refractivity contribution in [3.05, 3.63) is 99.4 Å². The van der Waals surface area contributed by atoms with E-state index in [1.165, 1.54) is 11.3 Å². The molecule has 0 aliphatic heterocycles. The summed E-state index contributed by atoms with van der Waals surface area (Å²) in [6.07, 6.45) is 1.70. The summed E-state index contributed by atoms with van der Waals surface area (Å²) in [4.78, 5) is 26.3. The van der Waals surface area contributed by atoms with Crippen LogP contribution in [0.15, 0.2) is 77.8 Å². The van der Waals surface area contributed by atoms with Crippen LogP contribution < -0.4 is 10.6 Å². The molecule has 0 spiro atoms. The van der Waals surface area contributed by atoms with Crippen molar-refractivity contribution in [2.45, 2.75) is 19.9 Å². The molecule has 0 bridgehead atoms. The topological polar surface area (TPSA) is 58.2 Å². The van der Waals surface area contributed by atoms with Crippen LogP contribution in [0.25, 0.3) is 6.08 Å². The molecule has 2 N–H and O–H groups in total. The molecule has 5 heteroatoms. The summed E-state index contributed by atoms with van der Waals surface area (Å²) in [6, 6.07) is 20.5. The second-order valence-corrected chi connectivity index (χ2v) is 7.48. The zero-order valence-corrected chi connectivity index (χ0v) is 16.6. The Morgan fingerprint density at radius 3 is 2.32 bits per heavy atom. The second kappa shape index (κ2) is 9.15. The molecular weight excluding hydrogens is 368 g/mol. The molecule has 1 heterocycles. The van der Waals surface area contributed by atoms with E-state index >= 15 is 0 Å². The monoisotopic (exact) mass is 390 g/mol. The van der Waals surface area contributed by atoms with Gasteiger partial charge in [-0.2, -0.15) is 0 Å². The minimum atomic E-state index is -0.328. The van der Waals surface area contributed by atoms with Crippen molar-refractivity contribution in [2.75, 3.05) is 0 Å². The maximum atomic E-state index is 12.9. The Bertz CT molecular complexity index is 962. The van der Waals surface area contributed by atoms with E-state index < -0.39 is 0 Å². The van der Waals surface area contributed by atoms with E-state index in [1.54, 1.807) is 30.3 Å². The van der Waals surface area contributed by atoms with Crippen LogP contribution in [0.3, 0.4) is 0 Å². The third-order valence-corrected chi connectivity index (χ3v) is 5.10. The average molecular weight is 391 g/mol. The summed E-state index contributed by atoms with van der Waals surface area (Å²) in [5.74, 6) is -0.646. The molecule has 2 amide bonds. The van der Waals surface area contributed by atoms with Gasteiger partial charge in [0.1, 0.15) is 5.70 Å². The van der Waals surface area contributed by atoms with Crippen molar-refractivity contribution in [1.29, 1.82) is 0 Å². The van der Waals surface area contributed by atoms with Crippen molar-refractivity contribution >= 4 is 29.2 Å². The molecule has 0 aliphatic rings. The van der Waals surface area contributed by atoms with Gasteiger partial charge in [-0.05, 0) is 49.1 Å². The molecule has 0 saturated carbocycles. The maximum absolute atomic E-state index is 12.9. The summed E-state index contributed by atoms with van der Waals surface area (Å²) in [5, 5.41) is 7.65. The molecule has 0 unspecified atom stereocenters. The molecule has 0 aliphatic carbocycles. The number of thiophene rings is 1. The quantitative estimate of drug-likeness (QED) is 0.599. The SMILES string of the molecule is Cc1ccc([C@H](C)NC(=O)/C(=C/c2cccs2)NC(=O)c2ccccc2)cc1. The molecule has 0 radical (unpaired) electrons. The lowest BCUT2D eigenvalue weighted by Crippen LogP contribution is -2.36. The Morgan fingerprint density at radius 1 is 0.964 bits per heavy atom. The number of carbonyl (C=O) groups is 2. The Morgan fingerprint density at radius 2 is 1.68 bits per heavy atom. The normalized spacial score (nSPS) is 12.3. The predicted octanol–water partition coefficient (Wildman–Crippen LogP) is 4.70. The number of benzene rings is 2. The lowest BCUT2D eigenvalue weighted by Gasteiger charge is -2.17. The first-order valence-electron chi connectivity index (χ1n) is 9.02. The highest BCUT2D eigenvalue weighted by Gasteiger charge is 2.17. The first-order chi connectivity index (χ1) is 13.5. The fourth-order valence-electron chi connectivity index (χ4n) is 2.67. The van der Waals surface area contributed by atoms with Crippen LogP contribution in [0, 0.1) is 6.92 Å². The minimum absolute atomic E-state index is 0.187. The molecule has 0 saturated heterocycles. The van der Waals surface area contributed by atoms with Gasteiger partial charge in [0.15, 0.2) is 0 Å². The number of rotatable bonds is 6. The zero-order chi connectivity index (χ0) is 19.9. The van der Waals surface area contributed by atoms with Crippen molar-refractivity contribution in [1.82, 2.24) is 10.6 Å². The van der Waals surface area contributed by atoms with E-state index in [0.717, 1.165) is 16.0 Å². The molecule has 3 rings (SSSR count). The van der Waals surface area contributed by atoms with E-state index in [-0.39, 0.29) is 23.6 Å². The van der Waals surface area contributed by atoms with E-state index in [9.17, 15) is 9.59 Å². The molecule has 142 valence electrons. The number of nitrogens with one attached hydrogen (secondary N) is 2. The number of aryl methyl sites for hydroxylation is 1. The summed E-state index contributed by atoms with van der Waals surface area (Å²) >= 11 is 1.50.